The molecule has 0 bridgehead atoms. The maximum Gasteiger partial charge on any atom is 0.349 e. The van der Waals surface area contributed by atoms with E-state index in [1.165, 1.54) is 0 Å². The second-order valence-corrected chi connectivity index (χ2v) is 9.05. The van der Waals surface area contributed by atoms with E-state index >= 15 is 0 Å². The molecule has 5 nitrogen and oxygen atoms in total. The lowest BCUT2D eigenvalue weighted by Gasteiger charge is -2.40. The quantitative estimate of drug-likeness (QED) is 0.275. The van der Waals surface area contributed by atoms with Crippen LogP contribution in [0.5, 0.6) is 11.5 Å². The summed E-state index contributed by atoms with van der Waals surface area (Å²) in [6.45, 7) is 4.14. The molecular formula is C25H29O5P. The van der Waals surface area contributed by atoms with Crippen molar-refractivity contribution in [3.05, 3.63) is 95.6 Å². The van der Waals surface area contributed by atoms with Crippen LogP contribution in [0.15, 0.2) is 78.9 Å². The molecule has 3 aromatic rings. The van der Waals surface area contributed by atoms with Gasteiger partial charge < -0.3 is 18.5 Å². The van der Waals surface area contributed by atoms with Crippen LogP contribution < -0.4 is 9.47 Å². The van der Waals surface area contributed by atoms with E-state index in [-0.39, 0.29) is 13.2 Å². The van der Waals surface area contributed by atoms with Crippen molar-refractivity contribution in [1.82, 2.24) is 0 Å². The van der Waals surface area contributed by atoms with Gasteiger partial charge in [-0.3, -0.25) is 4.57 Å². The van der Waals surface area contributed by atoms with Crippen molar-refractivity contribution in [1.29, 1.82) is 0 Å². The summed E-state index contributed by atoms with van der Waals surface area (Å²) in [6, 6.07) is 24.8. The Morgan fingerprint density at radius 3 is 1.39 bits per heavy atom. The average molecular weight is 440 g/mol. The van der Waals surface area contributed by atoms with Crippen LogP contribution in [-0.2, 0) is 18.8 Å². The summed E-state index contributed by atoms with van der Waals surface area (Å²) >= 11 is 0. The number of hydrogen-bond donors (Lipinski definition) is 0. The Bertz CT molecular complexity index is 943. The predicted molar refractivity (Wildman–Crippen MR) is 123 cm³/mol. The normalized spacial score (nSPS) is 11.9. The van der Waals surface area contributed by atoms with Crippen molar-refractivity contribution < 1.29 is 23.1 Å². The molecule has 164 valence electrons. The Labute approximate surface area is 184 Å². The summed E-state index contributed by atoms with van der Waals surface area (Å²) in [5, 5.41) is -1.18. The molecule has 0 aliphatic heterocycles. The van der Waals surface area contributed by atoms with E-state index < -0.39 is 12.8 Å². The van der Waals surface area contributed by atoms with E-state index in [0.29, 0.717) is 11.5 Å². The fourth-order valence-corrected chi connectivity index (χ4v) is 6.43. The van der Waals surface area contributed by atoms with Gasteiger partial charge in [-0.25, -0.2) is 0 Å². The molecule has 0 radical (unpaired) electrons. The average Bonchev–Trinajstić information content (AvgIpc) is 2.81. The van der Waals surface area contributed by atoms with Gasteiger partial charge in [0.2, 0.25) is 0 Å². The Morgan fingerprint density at radius 1 is 0.645 bits per heavy atom. The number of ether oxygens (including phenoxy) is 2. The molecule has 0 heterocycles. The molecule has 0 spiro atoms. The lowest BCUT2D eigenvalue weighted by Crippen LogP contribution is -2.31. The first kappa shape index (κ1) is 23.1. The minimum atomic E-state index is -3.75. The van der Waals surface area contributed by atoms with Gasteiger partial charge in [0, 0.05) is 0 Å². The molecule has 0 amide bonds. The molecule has 0 aliphatic rings. The molecule has 0 atom stereocenters. The lowest BCUT2D eigenvalue weighted by atomic mass is 9.84. The topological polar surface area (TPSA) is 54.0 Å². The first-order chi connectivity index (χ1) is 15.1. The molecular weight excluding hydrogens is 411 g/mol. The minimum Gasteiger partial charge on any atom is -0.497 e. The minimum absolute atomic E-state index is 0.248. The summed E-state index contributed by atoms with van der Waals surface area (Å²) in [5.41, 5.74) is 2.39. The van der Waals surface area contributed by atoms with E-state index in [1.807, 2.05) is 92.7 Å². The van der Waals surface area contributed by atoms with Crippen molar-refractivity contribution in [2.45, 2.75) is 19.0 Å². The Hall–Kier alpha value is -2.59. The van der Waals surface area contributed by atoms with Crippen molar-refractivity contribution in [2.75, 3.05) is 27.4 Å². The maximum absolute atomic E-state index is 14.6. The van der Waals surface area contributed by atoms with Gasteiger partial charge >= 0.3 is 7.60 Å². The van der Waals surface area contributed by atoms with Crippen molar-refractivity contribution in [3.63, 3.8) is 0 Å². The second-order valence-electron chi connectivity index (χ2n) is 6.87. The summed E-state index contributed by atoms with van der Waals surface area (Å²) in [5.74, 6) is 1.42. The molecule has 0 saturated heterocycles. The SMILES string of the molecule is CCOP(=O)(OCC)C(c1ccccc1)(c1ccc(OC)cc1)c1ccc(OC)cc1. The Kier molecular flexibility index (Phi) is 7.55. The highest BCUT2D eigenvalue weighted by atomic mass is 31.2. The van der Waals surface area contributed by atoms with Gasteiger partial charge in [-0.15, -0.1) is 0 Å². The number of methoxy groups -OCH3 is 2. The second kappa shape index (κ2) is 10.1. The molecule has 0 saturated carbocycles. The molecule has 0 aromatic heterocycles. The van der Waals surface area contributed by atoms with Crippen LogP contribution in [0.3, 0.4) is 0 Å². The van der Waals surface area contributed by atoms with Gasteiger partial charge in [0.05, 0.1) is 27.4 Å². The fraction of sp³-hybridized carbons (Fsp3) is 0.280. The van der Waals surface area contributed by atoms with Crippen LogP contribution in [0.25, 0.3) is 0 Å². The molecule has 3 aromatic carbocycles. The molecule has 31 heavy (non-hydrogen) atoms. The lowest BCUT2D eigenvalue weighted by molar-refractivity contribution is 0.206. The van der Waals surface area contributed by atoms with E-state index in [9.17, 15) is 4.57 Å². The summed E-state index contributed by atoms with van der Waals surface area (Å²) in [4.78, 5) is 0. The van der Waals surface area contributed by atoms with Crippen LogP contribution in [0.4, 0.5) is 0 Å². The standard InChI is InChI=1S/C25H29O5P/c1-5-29-31(26,30-6-2)25(20-10-8-7-9-11-20,21-12-16-23(27-3)17-13-21)22-14-18-24(28-4)19-15-22/h7-19H,5-6H2,1-4H3. The van der Waals surface area contributed by atoms with E-state index in [1.54, 1.807) is 14.2 Å². The number of benzene rings is 3. The smallest absolute Gasteiger partial charge is 0.349 e. The van der Waals surface area contributed by atoms with Crippen LogP contribution in [0.2, 0.25) is 0 Å². The molecule has 0 aliphatic carbocycles. The maximum atomic E-state index is 14.6. The highest BCUT2D eigenvalue weighted by Crippen LogP contribution is 2.70. The van der Waals surface area contributed by atoms with Crippen LogP contribution in [-0.4, -0.2) is 27.4 Å². The zero-order chi connectivity index (χ0) is 22.3. The monoisotopic (exact) mass is 440 g/mol. The largest absolute Gasteiger partial charge is 0.497 e. The van der Waals surface area contributed by atoms with Crippen LogP contribution in [0, 0.1) is 0 Å². The number of rotatable bonds is 10. The zero-order valence-corrected chi connectivity index (χ0v) is 19.3. The van der Waals surface area contributed by atoms with Crippen molar-refractivity contribution in [2.24, 2.45) is 0 Å². The highest BCUT2D eigenvalue weighted by molar-refractivity contribution is 7.55. The predicted octanol–water partition coefficient (Wildman–Crippen LogP) is 6.26. The fourth-order valence-electron chi connectivity index (χ4n) is 3.89. The summed E-state index contributed by atoms with van der Waals surface area (Å²) in [6.07, 6.45) is 0. The van der Waals surface area contributed by atoms with E-state index in [2.05, 4.69) is 0 Å². The van der Waals surface area contributed by atoms with E-state index in [4.69, 9.17) is 18.5 Å². The Morgan fingerprint density at radius 2 is 1.03 bits per heavy atom. The summed E-state index contributed by atoms with van der Waals surface area (Å²) < 4.78 is 37.3. The third kappa shape index (κ3) is 4.27. The van der Waals surface area contributed by atoms with Gasteiger partial charge in [-0.2, -0.15) is 0 Å². The van der Waals surface area contributed by atoms with E-state index in [0.717, 1.165) is 16.7 Å². The van der Waals surface area contributed by atoms with Crippen LogP contribution >= 0.6 is 7.60 Å². The van der Waals surface area contributed by atoms with Crippen LogP contribution in [0.1, 0.15) is 30.5 Å². The third-order valence-corrected chi connectivity index (χ3v) is 8.01. The highest BCUT2D eigenvalue weighted by Gasteiger charge is 2.55. The van der Waals surface area contributed by atoms with Crippen molar-refractivity contribution >= 4 is 7.60 Å². The van der Waals surface area contributed by atoms with Gasteiger partial charge in [0.25, 0.3) is 0 Å². The van der Waals surface area contributed by atoms with Gasteiger partial charge in [-0.05, 0) is 54.8 Å². The van der Waals surface area contributed by atoms with Gasteiger partial charge in [0.1, 0.15) is 16.7 Å². The number of hydrogen-bond acceptors (Lipinski definition) is 5. The first-order valence-corrected chi connectivity index (χ1v) is 11.8. The van der Waals surface area contributed by atoms with Gasteiger partial charge in [0.15, 0.2) is 0 Å². The molecule has 0 N–H and O–H groups in total. The first-order valence-electron chi connectivity index (χ1n) is 10.3. The van der Waals surface area contributed by atoms with Crippen molar-refractivity contribution in [3.8, 4) is 11.5 Å². The molecule has 0 unspecified atom stereocenters. The Balaban J connectivity index is 2.43. The summed E-state index contributed by atoms with van der Waals surface area (Å²) in [7, 11) is -0.516. The zero-order valence-electron chi connectivity index (χ0n) is 18.4. The van der Waals surface area contributed by atoms with Gasteiger partial charge in [-0.1, -0.05) is 54.6 Å². The molecule has 0 fully saturated rings. The molecule has 6 heteroatoms. The molecule has 3 rings (SSSR count). The third-order valence-electron chi connectivity index (χ3n) is 5.22.